The van der Waals surface area contributed by atoms with Crippen molar-refractivity contribution in [1.29, 1.82) is 0 Å². The molecule has 0 heteroatoms. The third-order valence-corrected chi connectivity index (χ3v) is 1.75. The van der Waals surface area contributed by atoms with Crippen LogP contribution in [0.1, 0.15) is 53.4 Å². The Hall–Kier alpha value is -0.260. The minimum absolute atomic E-state index is 0.954. The Bertz CT molecular complexity index is 64.4. The Balaban J connectivity index is 0. The van der Waals surface area contributed by atoms with E-state index in [9.17, 15) is 0 Å². The maximum absolute atomic E-state index is 3.36. The normalized spacial score (nSPS) is 11.3. The van der Waals surface area contributed by atoms with E-state index in [1.165, 1.54) is 25.7 Å². The molecular formula is C11H24. The first kappa shape index (κ1) is 13.3. The van der Waals surface area contributed by atoms with Gasteiger partial charge in [-0.25, -0.2) is 0 Å². The van der Waals surface area contributed by atoms with Crippen LogP contribution in [0.25, 0.3) is 0 Å². The highest BCUT2D eigenvalue weighted by atomic mass is 14.0. The quantitative estimate of drug-likeness (QED) is 0.529. The van der Waals surface area contributed by atoms with Gasteiger partial charge in [0.1, 0.15) is 0 Å². The van der Waals surface area contributed by atoms with Gasteiger partial charge in [-0.2, -0.15) is 0 Å². The van der Waals surface area contributed by atoms with E-state index in [1.807, 2.05) is 6.92 Å². The number of unbranched alkanes of at least 4 members (excludes halogenated alkanes) is 1. The summed E-state index contributed by atoms with van der Waals surface area (Å²) in [7, 11) is 0. The van der Waals surface area contributed by atoms with E-state index >= 15 is 0 Å². The van der Waals surface area contributed by atoms with Gasteiger partial charge in [-0.1, -0.05) is 52.5 Å². The number of hydrogen-bond acceptors (Lipinski definition) is 0. The molecule has 0 nitrogen and oxygen atoms in total. The van der Waals surface area contributed by atoms with Gasteiger partial charge < -0.3 is 0 Å². The second kappa shape index (κ2) is 12.4. The first-order valence-corrected chi connectivity index (χ1v) is 4.79. The van der Waals surface area contributed by atoms with Gasteiger partial charge in [-0.05, 0) is 12.8 Å². The lowest BCUT2D eigenvalue weighted by molar-refractivity contribution is 0.492. The summed E-state index contributed by atoms with van der Waals surface area (Å²) < 4.78 is 0. The molecule has 11 heavy (non-hydrogen) atoms. The summed E-state index contributed by atoms with van der Waals surface area (Å²) in [5.74, 6) is 0.954. The topological polar surface area (TPSA) is 0 Å². The Morgan fingerprint density at radius 1 is 1.36 bits per heavy atom. The summed E-state index contributed by atoms with van der Waals surface area (Å²) in [6, 6.07) is 0. The molecule has 0 bridgehead atoms. The van der Waals surface area contributed by atoms with Gasteiger partial charge in [0.2, 0.25) is 0 Å². The molecule has 0 rings (SSSR count). The van der Waals surface area contributed by atoms with Crippen LogP contribution in [0.4, 0.5) is 0 Å². The van der Waals surface area contributed by atoms with Crippen LogP contribution in [-0.4, -0.2) is 0 Å². The van der Waals surface area contributed by atoms with Crippen LogP contribution < -0.4 is 0 Å². The highest BCUT2D eigenvalue weighted by molar-refractivity contribution is 4.51. The van der Waals surface area contributed by atoms with Crippen molar-refractivity contribution in [1.82, 2.24) is 0 Å². The fourth-order valence-electron chi connectivity index (χ4n) is 0.757. The third kappa shape index (κ3) is 17.7. The van der Waals surface area contributed by atoms with Crippen molar-refractivity contribution in [2.45, 2.75) is 53.4 Å². The van der Waals surface area contributed by atoms with E-state index in [-0.39, 0.29) is 0 Å². The molecule has 0 heterocycles. The lowest BCUT2D eigenvalue weighted by Crippen LogP contribution is -1.89. The summed E-state index contributed by atoms with van der Waals surface area (Å²) in [6.45, 7) is 12.1. The number of allylic oxidation sites excluding steroid dienone is 1. The van der Waals surface area contributed by atoms with Crippen molar-refractivity contribution in [3.05, 3.63) is 12.7 Å². The molecule has 0 fully saturated rings. The zero-order valence-corrected chi connectivity index (χ0v) is 8.69. The van der Waals surface area contributed by atoms with Crippen molar-refractivity contribution in [2.75, 3.05) is 0 Å². The molecule has 68 valence electrons. The van der Waals surface area contributed by atoms with E-state index in [2.05, 4.69) is 27.4 Å². The molecule has 0 aliphatic heterocycles. The summed E-state index contributed by atoms with van der Waals surface area (Å²) in [5, 5.41) is 0. The van der Waals surface area contributed by atoms with Gasteiger partial charge in [0.25, 0.3) is 0 Å². The first-order valence-electron chi connectivity index (χ1n) is 4.79. The zero-order chi connectivity index (χ0) is 9.11. The van der Waals surface area contributed by atoms with Crippen molar-refractivity contribution in [3.8, 4) is 0 Å². The molecule has 0 amide bonds. The average molecular weight is 156 g/mol. The predicted molar refractivity (Wildman–Crippen MR) is 54.9 cm³/mol. The Morgan fingerprint density at radius 3 is 2.09 bits per heavy atom. The highest BCUT2D eigenvalue weighted by Crippen LogP contribution is 2.09. The van der Waals surface area contributed by atoms with Crippen LogP contribution in [0, 0.1) is 5.92 Å². The molecule has 0 aromatic heterocycles. The molecule has 0 aromatic rings. The fourth-order valence-corrected chi connectivity index (χ4v) is 0.757. The maximum Gasteiger partial charge on any atom is -0.0445 e. The van der Waals surface area contributed by atoms with E-state index in [0.717, 1.165) is 5.92 Å². The van der Waals surface area contributed by atoms with Crippen LogP contribution >= 0.6 is 0 Å². The highest BCUT2D eigenvalue weighted by Gasteiger charge is 1.94. The molecule has 1 atom stereocenters. The minimum atomic E-state index is 0.954. The fraction of sp³-hybridized carbons (Fsp3) is 0.818. The minimum Gasteiger partial charge on any atom is -0.103 e. The van der Waals surface area contributed by atoms with Crippen LogP contribution in [0.5, 0.6) is 0 Å². The summed E-state index contributed by atoms with van der Waals surface area (Å²) in [6.07, 6.45) is 7.28. The molecule has 0 saturated carbocycles. The van der Waals surface area contributed by atoms with Gasteiger partial charge in [-0.3, -0.25) is 0 Å². The van der Waals surface area contributed by atoms with Gasteiger partial charge in [0.05, 0.1) is 0 Å². The van der Waals surface area contributed by atoms with E-state index in [0.29, 0.717) is 0 Å². The summed E-state index contributed by atoms with van der Waals surface area (Å²) in [5.41, 5.74) is 0. The average Bonchev–Trinajstić information content (AvgIpc) is 2.02. The second-order valence-electron chi connectivity index (χ2n) is 3.06. The summed E-state index contributed by atoms with van der Waals surface area (Å²) in [4.78, 5) is 0. The number of hydrogen-bond donors (Lipinski definition) is 0. The molecule has 0 spiro atoms. The van der Waals surface area contributed by atoms with Crippen LogP contribution in [0.3, 0.4) is 0 Å². The van der Waals surface area contributed by atoms with E-state index in [4.69, 9.17) is 0 Å². The van der Waals surface area contributed by atoms with Crippen LogP contribution in [-0.2, 0) is 0 Å². The standard InChI is InChI=1S/C8H18.C3H6/c1-4-6-7-8(3)5-2;1-3-2/h8H,4-7H2,1-3H3;3H,1H2,2H3. The monoisotopic (exact) mass is 156 g/mol. The Morgan fingerprint density at radius 2 is 1.82 bits per heavy atom. The van der Waals surface area contributed by atoms with Crippen molar-refractivity contribution >= 4 is 0 Å². The SMILES string of the molecule is C=CC.CCCCC(C)CC. The van der Waals surface area contributed by atoms with Crippen LogP contribution in [0.15, 0.2) is 12.7 Å². The molecule has 1 unspecified atom stereocenters. The molecule has 0 radical (unpaired) electrons. The molecular weight excluding hydrogens is 132 g/mol. The largest absolute Gasteiger partial charge is 0.103 e. The third-order valence-electron chi connectivity index (χ3n) is 1.75. The van der Waals surface area contributed by atoms with Crippen LogP contribution in [0.2, 0.25) is 0 Å². The zero-order valence-electron chi connectivity index (χ0n) is 8.69. The molecule has 0 aromatic carbocycles. The molecule has 0 aliphatic rings. The van der Waals surface area contributed by atoms with Crippen molar-refractivity contribution in [3.63, 3.8) is 0 Å². The van der Waals surface area contributed by atoms with E-state index in [1.54, 1.807) is 6.08 Å². The van der Waals surface area contributed by atoms with Gasteiger partial charge in [0.15, 0.2) is 0 Å². The maximum atomic E-state index is 3.36. The molecule has 0 N–H and O–H groups in total. The van der Waals surface area contributed by atoms with Gasteiger partial charge in [0, 0.05) is 0 Å². The Kier molecular flexibility index (Phi) is 15.1. The van der Waals surface area contributed by atoms with Crippen molar-refractivity contribution < 1.29 is 0 Å². The van der Waals surface area contributed by atoms with Gasteiger partial charge >= 0.3 is 0 Å². The van der Waals surface area contributed by atoms with Crippen molar-refractivity contribution in [2.24, 2.45) is 5.92 Å². The summed E-state index contributed by atoms with van der Waals surface area (Å²) >= 11 is 0. The van der Waals surface area contributed by atoms with E-state index < -0.39 is 0 Å². The number of rotatable bonds is 4. The predicted octanol–water partition coefficient (Wildman–Crippen LogP) is 4.42. The molecule has 0 aliphatic carbocycles. The Labute approximate surface area is 72.7 Å². The van der Waals surface area contributed by atoms with Gasteiger partial charge in [-0.15, -0.1) is 6.58 Å². The lowest BCUT2D eigenvalue weighted by Gasteiger charge is -2.04. The lowest BCUT2D eigenvalue weighted by atomic mass is 10.0. The second-order valence-corrected chi connectivity index (χ2v) is 3.06. The smallest absolute Gasteiger partial charge is 0.0445 e. The first-order chi connectivity index (χ1) is 5.22. The molecule has 0 saturated heterocycles.